The highest BCUT2D eigenvalue weighted by Crippen LogP contribution is 2.14. The normalized spacial score (nSPS) is 10.5. The molecule has 0 aromatic heterocycles. The smallest absolute Gasteiger partial charge is 0.270 e. The van der Waals surface area contributed by atoms with Gasteiger partial charge in [0.25, 0.3) is 5.69 Å². The number of non-ortho nitro benzene ring substituents is 1. The molecule has 5 nitrogen and oxygen atoms in total. The summed E-state index contributed by atoms with van der Waals surface area (Å²) in [4.78, 5) is 9.59. The van der Waals surface area contributed by atoms with Crippen molar-refractivity contribution < 1.29 is 14.5 Å². The Balaban J connectivity index is 3.18. The molecule has 68 valence electrons. The van der Waals surface area contributed by atoms with Crippen molar-refractivity contribution in [2.45, 2.75) is 0 Å². The van der Waals surface area contributed by atoms with Crippen LogP contribution in [0.2, 0.25) is 0 Å². The second kappa shape index (κ2) is 3.61. The second-order valence-corrected chi connectivity index (χ2v) is 2.21. The first-order chi connectivity index (χ1) is 6.15. The molecule has 0 bridgehead atoms. The Labute approximate surface area is 72.3 Å². The van der Waals surface area contributed by atoms with Gasteiger partial charge in [0, 0.05) is 17.7 Å². The van der Waals surface area contributed by atoms with Gasteiger partial charge in [-0.25, -0.2) is 4.39 Å². The van der Waals surface area contributed by atoms with Gasteiger partial charge >= 0.3 is 0 Å². The van der Waals surface area contributed by atoms with Crippen LogP contribution in [0.5, 0.6) is 0 Å². The second-order valence-electron chi connectivity index (χ2n) is 2.21. The topological polar surface area (TPSA) is 75.7 Å². The maximum atomic E-state index is 12.8. The van der Waals surface area contributed by atoms with E-state index in [-0.39, 0.29) is 11.3 Å². The molecule has 6 heteroatoms. The van der Waals surface area contributed by atoms with Gasteiger partial charge in [0.05, 0.1) is 11.1 Å². The van der Waals surface area contributed by atoms with Gasteiger partial charge < -0.3 is 5.21 Å². The molecule has 1 aromatic carbocycles. The molecule has 0 saturated carbocycles. The predicted molar refractivity (Wildman–Crippen MR) is 42.4 cm³/mol. The van der Waals surface area contributed by atoms with E-state index in [1.807, 2.05) is 0 Å². The lowest BCUT2D eigenvalue weighted by molar-refractivity contribution is -0.384. The molecule has 0 spiro atoms. The van der Waals surface area contributed by atoms with E-state index < -0.39 is 10.7 Å². The molecule has 0 saturated heterocycles. The molecule has 0 aliphatic heterocycles. The Hall–Kier alpha value is -1.98. The van der Waals surface area contributed by atoms with Crippen molar-refractivity contribution in [2.75, 3.05) is 0 Å². The number of hydrogen-bond donors (Lipinski definition) is 1. The van der Waals surface area contributed by atoms with Crippen LogP contribution in [-0.2, 0) is 0 Å². The van der Waals surface area contributed by atoms with Gasteiger partial charge in [-0.05, 0) is 6.07 Å². The zero-order valence-corrected chi connectivity index (χ0v) is 6.35. The monoisotopic (exact) mass is 184 g/mol. The molecule has 0 amide bonds. The van der Waals surface area contributed by atoms with Crippen molar-refractivity contribution in [1.82, 2.24) is 0 Å². The fourth-order valence-electron chi connectivity index (χ4n) is 0.806. The molecule has 0 unspecified atom stereocenters. The Morgan fingerprint density at radius 3 is 2.85 bits per heavy atom. The average Bonchev–Trinajstić information content (AvgIpc) is 2.08. The summed E-state index contributed by atoms with van der Waals surface area (Å²) >= 11 is 0. The standard InChI is InChI=1S/C7H5FN2O3/c8-7-2-1-6(10(12)13)3-5(7)4-9-11/h1-4,11H/b9-4-. The van der Waals surface area contributed by atoms with Gasteiger partial charge in [-0.1, -0.05) is 5.16 Å². The van der Waals surface area contributed by atoms with Gasteiger partial charge in [0.15, 0.2) is 0 Å². The van der Waals surface area contributed by atoms with E-state index in [4.69, 9.17) is 5.21 Å². The lowest BCUT2D eigenvalue weighted by atomic mass is 10.2. The first-order valence-corrected chi connectivity index (χ1v) is 3.26. The maximum Gasteiger partial charge on any atom is 0.270 e. The van der Waals surface area contributed by atoms with Crippen LogP contribution in [0.4, 0.5) is 10.1 Å². The number of nitrogens with zero attached hydrogens (tertiary/aromatic N) is 2. The summed E-state index contributed by atoms with van der Waals surface area (Å²) in [5.74, 6) is -0.677. The van der Waals surface area contributed by atoms with Crippen molar-refractivity contribution in [3.05, 3.63) is 39.7 Å². The highest BCUT2D eigenvalue weighted by molar-refractivity contribution is 5.80. The van der Waals surface area contributed by atoms with Crippen LogP contribution in [-0.4, -0.2) is 16.3 Å². The fourth-order valence-corrected chi connectivity index (χ4v) is 0.806. The van der Waals surface area contributed by atoms with Gasteiger partial charge in [-0.2, -0.15) is 0 Å². The van der Waals surface area contributed by atoms with Crippen LogP contribution in [0.15, 0.2) is 23.4 Å². The zero-order valence-electron chi connectivity index (χ0n) is 6.35. The van der Waals surface area contributed by atoms with E-state index in [2.05, 4.69) is 5.16 Å². The molecule has 0 aliphatic rings. The van der Waals surface area contributed by atoms with Crippen molar-refractivity contribution in [3.8, 4) is 0 Å². The Morgan fingerprint density at radius 2 is 2.31 bits per heavy atom. The molecule has 0 radical (unpaired) electrons. The minimum Gasteiger partial charge on any atom is -0.411 e. The third kappa shape index (κ3) is 1.98. The Kier molecular flexibility index (Phi) is 2.53. The van der Waals surface area contributed by atoms with E-state index in [0.29, 0.717) is 0 Å². The fraction of sp³-hybridized carbons (Fsp3) is 0. The molecule has 1 N–H and O–H groups in total. The Morgan fingerprint density at radius 1 is 1.62 bits per heavy atom. The summed E-state index contributed by atoms with van der Waals surface area (Å²) in [7, 11) is 0. The van der Waals surface area contributed by atoms with Crippen LogP contribution in [0.25, 0.3) is 0 Å². The summed E-state index contributed by atoms with van der Waals surface area (Å²) in [5, 5.41) is 20.9. The molecule has 13 heavy (non-hydrogen) atoms. The minimum atomic E-state index is -0.677. The number of benzene rings is 1. The van der Waals surface area contributed by atoms with Crippen molar-refractivity contribution in [2.24, 2.45) is 5.16 Å². The molecule has 0 atom stereocenters. The SMILES string of the molecule is O=[N+]([O-])c1ccc(F)c(/C=N\O)c1. The molecule has 1 rings (SSSR count). The van der Waals surface area contributed by atoms with Crippen LogP contribution in [0, 0.1) is 15.9 Å². The molecule has 0 aliphatic carbocycles. The van der Waals surface area contributed by atoms with E-state index in [1.165, 1.54) is 0 Å². The molecule has 0 fully saturated rings. The summed E-state index contributed by atoms with van der Waals surface area (Å²) in [6, 6.07) is 2.95. The van der Waals surface area contributed by atoms with Crippen LogP contribution in [0.3, 0.4) is 0 Å². The van der Waals surface area contributed by atoms with E-state index in [9.17, 15) is 14.5 Å². The van der Waals surface area contributed by atoms with Crippen LogP contribution >= 0.6 is 0 Å². The zero-order chi connectivity index (χ0) is 9.84. The van der Waals surface area contributed by atoms with Crippen molar-refractivity contribution in [1.29, 1.82) is 0 Å². The number of nitro groups is 1. The summed E-state index contributed by atoms with van der Waals surface area (Å²) in [5.41, 5.74) is -0.381. The van der Waals surface area contributed by atoms with Gasteiger partial charge in [-0.3, -0.25) is 10.1 Å². The number of nitro benzene ring substituents is 1. The van der Waals surface area contributed by atoms with Gasteiger partial charge in [0.1, 0.15) is 5.82 Å². The highest BCUT2D eigenvalue weighted by atomic mass is 19.1. The maximum absolute atomic E-state index is 12.8. The number of hydrogen-bond acceptors (Lipinski definition) is 4. The van der Waals surface area contributed by atoms with E-state index in [0.717, 1.165) is 24.4 Å². The van der Waals surface area contributed by atoms with E-state index >= 15 is 0 Å². The molecular weight excluding hydrogens is 179 g/mol. The van der Waals surface area contributed by atoms with Crippen LogP contribution < -0.4 is 0 Å². The molecule has 0 heterocycles. The lowest BCUT2D eigenvalue weighted by Crippen LogP contribution is -1.93. The van der Waals surface area contributed by atoms with E-state index in [1.54, 1.807) is 0 Å². The van der Waals surface area contributed by atoms with Crippen LogP contribution in [0.1, 0.15) is 5.56 Å². The van der Waals surface area contributed by atoms with Gasteiger partial charge in [-0.15, -0.1) is 0 Å². The summed E-state index contributed by atoms with van der Waals surface area (Å²) in [6.07, 6.45) is 0.794. The number of oxime groups is 1. The Bertz CT molecular complexity index is 365. The first-order valence-electron chi connectivity index (χ1n) is 3.26. The summed E-state index contributed by atoms with van der Waals surface area (Å²) < 4.78 is 12.8. The highest BCUT2D eigenvalue weighted by Gasteiger charge is 2.08. The molecule has 1 aromatic rings. The quantitative estimate of drug-likeness (QED) is 0.328. The van der Waals surface area contributed by atoms with Gasteiger partial charge in [0.2, 0.25) is 0 Å². The largest absolute Gasteiger partial charge is 0.411 e. The molecular formula is C7H5FN2O3. The lowest BCUT2D eigenvalue weighted by Gasteiger charge is -1.94. The van der Waals surface area contributed by atoms with Crippen molar-refractivity contribution >= 4 is 11.9 Å². The number of halogens is 1. The third-order valence-corrected chi connectivity index (χ3v) is 1.39. The third-order valence-electron chi connectivity index (χ3n) is 1.39. The first kappa shape index (κ1) is 9.11. The summed E-state index contributed by atoms with van der Waals surface area (Å²) in [6.45, 7) is 0. The number of rotatable bonds is 2. The minimum absolute atomic E-state index is 0.128. The average molecular weight is 184 g/mol. The van der Waals surface area contributed by atoms with Crippen molar-refractivity contribution in [3.63, 3.8) is 0 Å². The predicted octanol–water partition coefficient (Wildman–Crippen LogP) is 1.54.